The molecule has 6 heteroatoms. The Kier molecular flexibility index (Phi) is 6.67. The second-order valence-corrected chi connectivity index (χ2v) is 5.47. The molecule has 0 N–H and O–H groups in total. The van der Waals surface area contributed by atoms with E-state index in [2.05, 4.69) is 0 Å². The molecule has 2 atom stereocenters. The number of esters is 1. The van der Waals surface area contributed by atoms with Gasteiger partial charge >= 0.3 is 5.97 Å². The van der Waals surface area contributed by atoms with E-state index >= 15 is 0 Å². The molecule has 0 saturated heterocycles. The second-order valence-electron chi connectivity index (χ2n) is 5.47. The van der Waals surface area contributed by atoms with Crippen molar-refractivity contribution in [1.82, 2.24) is 0 Å². The van der Waals surface area contributed by atoms with Crippen LogP contribution in [-0.2, 0) is 19.0 Å². The van der Waals surface area contributed by atoms with Crippen molar-refractivity contribution < 1.29 is 28.5 Å². The van der Waals surface area contributed by atoms with Gasteiger partial charge in [-0.05, 0) is 31.0 Å². The zero-order valence-electron chi connectivity index (χ0n) is 13.9. The van der Waals surface area contributed by atoms with Gasteiger partial charge in [-0.25, -0.2) is 0 Å². The number of methoxy groups -OCH3 is 3. The van der Waals surface area contributed by atoms with Gasteiger partial charge in [0.2, 0.25) is 0 Å². The molecule has 128 valence electrons. The Hall–Kier alpha value is -1.79. The number of ether oxygens (including phenoxy) is 5. The fourth-order valence-corrected chi connectivity index (χ4v) is 3.05. The summed E-state index contributed by atoms with van der Waals surface area (Å²) in [6.07, 6.45) is 2.72. The Morgan fingerprint density at radius 3 is 2.52 bits per heavy atom. The highest BCUT2D eigenvalue weighted by atomic mass is 16.7. The van der Waals surface area contributed by atoms with Crippen molar-refractivity contribution >= 4 is 5.97 Å². The van der Waals surface area contributed by atoms with E-state index in [1.165, 1.54) is 7.11 Å². The van der Waals surface area contributed by atoms with E-state index in [1.807, 2.05) is 18.2 Å². The molecule has 0 spiro atoms. The minimum Gasteiger partial charge on any atom is -0.469 e. The highest BCUT2D eigenvalue weighted by molar-refractivity contribution is 5.74. The molecule has 0 amide bonds. The van der Waals surface area contributed by atoms with Crippen molar-refractivity contribution in [3.63, 3.8) is 0 Å². The summed E-state index contributed by atoms with van der Waals surface area (Å²) in [7, 11) is 4.57. The molecule has 1 saturated carbocycles. The van der Waals surface area contributed by atoms with Crippen molar-refractivity contribution in [3.05, 3.63) is 23.8 Å². The molecule has 2 rings (SSSR count). The quantitative estimate of drug-likeness (QED) is 0.541. The number of carbonyl (C=O) groups is 1. The molecule has 0 bridgehead atoms. The van der Waals surface area contributed by atoms with Crippen LogP contribution < -0.4 is 9.47 Å². The normalized spacial score (nSPS) is 20.3. The Morgan fingerprint density at radius 2 is 1.83 bits per heavy atom. The van der Waals surface area contributed by atoms with E-state index in [1.54, 1.807) is 14.2 Å². The third-order valence-electron chi connectivity index (χ3n) is 4.08. The van der Waals surface area contributed by atoms with Crippen LogP contribution in [0.2, 0.25) is 0 Å². The third kappa shape index (κ3) is 4.36. The number of hydrogen-bond donors (Lipinski definition) is 0. The number of hydrogen-bond acceptors (Lipinski definition) is 6. The SMILES string of the molecule is COCOc1ccc(OCOC)c(C2CCCC2C(=O)OC)c1. The summed E-state index contributed by atoms with van der Waals surface area (Å²) in [6, 6.07) is 5.57. The molecule has 6 nitrogen and oxygen atoms in total. The summed E-state index contributed by atoms with van der Waals surface area (Å²) >= 11 is 0. The molecular weight excluding hydrogens is 300 g/mol. The average molecular weight is 324 g/mol. The van der Waals surface area contributed by atoms with E-state index in [4.69, 9.17) is 23.7 Å². The van der Waals surface area contributed by atoms with Gasteiger partial charge < -0.3 is 23.7 Å². The molecule has 1 aromatic carbocycles. The molecule has 1 aliphatic rings. The summed E-state index contributed by atoms with van der Waals surface area (Å²) in [5.41, 5.74) is 0.948. The fourth-order valence-electron chi connectivity index (χ4n) is 3.05. The fraction of sp³-hybridized carbons (Fsp3) is 0.588. The molecule has 0 aromatic heterocycles. The van der Waals surface area contributed by atoms with Crippen molar-refractivity contribution in [2.24, 2.45) is 5.92 Å². The van der Waals surface area contributed by atoms with E-state index < -0.39 is 0 Å². The molecule has 23 heavy (non-hydrogen) atoms. The zero-order valence-corrected chi connectivity index (χ0v) is 13.9. The lowest BCUT2D eigenvalue weighted by Gasteiger charge is -2.21. The van der Waals surface area contributed by atoms with Gasteiger partial charge in [0.15, 0.2) is 13.6 Å². The maximum Gasteiger partial charge on any atom is 0.309 e. The molecule has 2 unspecified atom stereocenters. The van der Waals surface area contributed by atoms with Crippen molar-refractivity contribution in [3.8, 4) is 11.5 Å². The lowest BCUT2D eigenvalue weighted by molar-refractivity contribution is -0.145. The van der Waals surface area contributed by atoms with Gasteiger partial charge in [-0.3, -0.25) is 4.79 Å². The first-order chi connectivity index (χ1) is 11.2. The van der Waals surface area contributed by atoms with Crippen molar-refractivity contribution in [2.75, 3.05) is 34.9 Å². The van der Waals surface area contributed by atoms with Crippen LogP contribution in [0.5, 0.6) is 11.5 Å². The predicted molar refractivity (Wildman–Crippen MR) is 83.5 cm³/mol. The third-order valence-corrected chi connectivity index (χ3v) is 4.08. The number of carbonyl (C=O) groups excluding carboxylic acids is 1. The van der Waals surface area contributed by atoms with Crippen LogP contribution >= 0.6 is 0 Å². The van der Waals surface area contributed by atoms with Crippen LogP contribution in [-0.4, -0.2) is 40.9 Å². The molecule has 1 aliphatic carbocycles. The summed E-state index contributed by atoms with van der Waals surface area (Å²) in [5, 5.41) is 0. The zero-order chi connectivity index (χ0) is 16.7. The van der Waals surface area contributed by atoms with Gasteiger partial charge in [0, 0.05) is 25.7 Å². The summed E-state index contributed by atoms with van der Waals surface area (Å²) in [4.78, 5) is 12.0. The van der Waals surface area contributed by atoms with Crippen molar-refractivity contribution in [1.29, 1.82) is 0 Å². The molecule has 0 aliphatic heterocycles. The standard InChI is InChI=1S/C17H24O6/c1-19-10-22-12-7-8-16(23-11-20-2)15(9-12)13-5-4-6-14(13)17(18)21-3/h7-9,13-14H,4-6,10-11H2,1-3H3. The lowest BCUT2D eigenvalue weighted by atomic mass is 9.88. The molecule has 1 fully saturated rings. The molecule has 0 heterocycles. The van der Waals surface area contributed by atoms with Crippen LogP contribution in [0.15, 0.2) is 18.2 Å². The minimum atomic E-state index is -0.173. The van der Waals surface area contributed by atoms with Gasteiger partial charge in [0.1, 0.15) is 11.5 Å². The Bertz CT molecular complexity index is 516. The Morgan fingerprint density at radius 1 is 1.09 bits per heavy atom. The first-order valence-electron chi connectivity index (χ1n) is 7.66. The Labute approximate surface area is 136 Å². The van der Waals surface area contributed by atoms with E-state index in [0.29, 0.717) is 11.5 Å². The van der Waals surface area contributed by atoms with E-state index in [-0.39, 0.29) is 31.4 Å². The van der Waals surface area contributed by atoms with Crippen LogP contribution in [0, 0.1) is 5.92 Å². The molecular formula is C17H24O6. The average Bonchev–Trinajstić information content (AvgIpc) is 3.07. The first-order valence-corrected chi connectivity index (χ1v) is 7.66. The van der Waals surface area contributed by atoms with Gasteiger partial charge in [-0.2, -0.15) is 0 Å². The second kappa shape index (κ2) is 8.74. The van der Waals surface area contributed by atoms with Gasteiger partial charge in [0.25, 0.3) is 0 Å². The lowest BCUT2D eigenvalue weighted by Crippen LogP contribution is -2.20. The van der Waals surface area contributed by atoms with Crippen LogP contribution in [0.4, 0.5) is 0 Å². The maximum absolute atomic E-state index is 12.0. The smallest absolute Gasteiger partial charge is 0.309 e. The molecule has 0 radical (unpaired) electrons. The first kappa shape index (κ1) is 17.6. The molecule has 1 aromatic rings. The van der Waals surface area contributed by atoms with Gasteiger partial charge in [0.05, 0.1) is 13.0 Å². The summed E-state index contributed by atoms with van der Waals surface area (Å²) < 4.78 is 26.0. The van der Waals surface area contributed by atoms with E-state index in [0.717, 1.165) is 24.8 Å². The highest BCUT2D eigenvalue weighted by Crippen LogP contribution is 2.44. The van der Waals surface area contributed by atoms with Gasteiger partial charge in [-0.1, -0.05) is 6.42 Å². The number of benzene rings is 1. The largest absolute Gasteiger partial charge is 0.469 e. The topological polar surface area (TPSA) is 63.2 Å². The monoisotopic (exact) mass is 324 g/mol. The van der Waals surface area contributed by atoms with E-state index in [9.17, 15) is 4.79 Å². The maximum atomic E-state index is 12.0. The minimum absolute atomic E-state index is 0.0559. The Balaban J connectivity index is 2.29. The van der Waals surface area contributed by atoms with Crippen LogP contribution in [0.1, 0.15) is 30.7 Å². The van der Waals surface area contributed by atoms with Crippen LogP contribution in [0.25, 0.3) is 0 Å². The highest BCUT2D eigenvalue weighted by Gasteiger charge is 2.36. The number of rotatable bonds is 8. The van der Waals surface area contributed by atoms with Crippen LogP contribution in [0.3, 0.4) is 0 Å². The summed E-state index contributed by atoms with van der Waals surface area (Å²) in [5.74, 6) is 1.12. The van der Waals surface area contributed by atoms with Crippen molar-refractivity contribution in [2.45, 2.75) is 25.2 Å². The summed E-state index contributed by atoms with van der Waals surface area (Å²) in [6.45, 7) is 0.323. The van der Waals surface area contributed by atoms with Gasteiger partial charge in [-0.15, -0.1) is 0 Å². The predicted octanol–water partition coefficient (Wildman–Crippen LogP) is 2.71.